The molecule has 4 rings (SSSR count). The first kappa shape index (κ1) is 15.4. The number of carbonyl (C=O) groups is 1. The Morgan fingerprint density at radius 3 is 2.71 bits per heavy atom. The standard InChI is InChI=1S/C18H25N5O/c1-11-17(12(2)22(4)20-11)16-6-5-7-23(16)18(24)15-8-14(15)13-9-19-21(3)10-13/h9-10,14-16H,5-8H2,1-4H3/t14-,15-,16-/m0/s1. The minimum Gasteiger partial charge on any atom is -0.335 e. The third-order valence-corrected chi connectivity index (χ3v) is 5.69. The van der Waals surface area contributed by atoms with Crippen LogP contribution in [0, 0.1) is 19.8 Å². The number of likely N-dealkylation sites (tertiary alicyclic amines) is 1. The van der Waals surface area contributed by atoms with E-state index in [1.54, 1.807) is 0 Å². The highest BCUT2D eigenvalue weighted by Crippen LogP contribution is 2.50. The highest BCUT2D eigenvalue weighted by molar-refractivity contribution is 5.83. The van der Waals surface area contributed by atoms with Gasteiger partial charge in [0.15, 0.2) is 0 Å². The van der Waals surface area contributed by atoms with Crippen molar-refractivity contribution in [3.05, 3.63) is 34.9 Å². The highest BCUT2D eigenvalue weighted by atomic mass is 16.2. The zero-order valence-electron chi connectivity index (χ0n) is 14.9. The molecule has 0 spiro atoms. The number of nitrogens with zero attached hydrogens (tertiary/aromatic N) is 5. The summed E-state index contributed by atoms with van der Waals surface area (Å²) < 4.78 is 3.75. The highest BCUT2D eigenvalue weighted by Gasteiger charge is 2.48. The van der Waals surface area contributed by atoms with E-state index in [0.717, 1.165) is 31.5 Å². The van der Waals surface area contributed by atoms with Crippen LogP contribution in [0.25, 0.3) is 0 Å². The van der Waals surface area contributed by atoms with Crippen molar-refractivity contribution in [2.45, 2.75) is 45.1 Å². The Morgan fingerprint density at radius 1 is 1.29 bits per heavy atom. The average molecular weight is 327 g/mol. The molecule has 2 aromatic rings. The SMILES string of the molecule is Cc1nn(C)c(C)c1[C@@H]1CCCN1C(=O)[C@H]1C[C@H]1c1cnn(C)c1. The van der Waals surface area contributed by atoms with E-state index in [4.69, 9.17) is 0 Å². The van der Waals surface area contributed by atoms with Gasteiger partial charge in [-0.15, -0.1) is 0 Å². The summed E-state index contributed by atoms with van der Waals surface area (Å²) in [5.74, 6) is 0.796. The van der Waals surface area contributed by atoms with Crippen LogP contribution in [-0.2, 0) is 18.9 Å². The molecule has 0 N–H and O–H groups in total. The minimum atomic E-state index is 0.132. The van der Waals surface area contributed by atoms with E-state index in [0.29, 0.717) is 11.8 Å². The maximum absolute atomic E-state index is 13.1. The van der Waals surface area contributed by atoms with Gasteiger partial charge in [-0.3, -0.25) is 14.2 Å². The van der Waals surface area contributed by atoms with Crippen LogP contribution in [-0.4, -0.2) is 36.9 Å². The molecule has 0 radical (unpaired) electrons. The van der Waals surface area contributed by atoms with Gasteiger partial charge in [-0.25, -0.2) is 0 Å². The van der Waals surface area contributed by atoms with Crippen molar-refractivity contribution in [1.29, 1.82) is 0 Å². The maximum Gasteiger partial charge on any atom is 0.226 e. The van der Waals surface area contributed by atoms with E-state index >= 15 is 0 Å². The van der Waals surface area contributed by atoms with Gasteiger partial charge in [0.25, 0.3) is 0 Å². The molecule has 1 aliphatic carbocycles. The predicted molar refractivity (Wildman–Crippen MR) is 90.4 cm³/mol. The summed E-state index contributed by atoms with van der Waals surface area (Å²) >= 11 is 0. The maximum atomic E-state index is 13.1. The van der Waals surface area contributed by atoms with Gasteiger partial charge in [0.2, 0.25) is 5.91 Å². The largest absolute Gasteiger partial charge is 0.335 e. The molecule has 1 amide bonds. The predicted octanol–water partition coefficient (Wildman–Crippen LogP) is 2.24. The molecule has 0 bridgehead atoms. The number of rotatable bonds is 3. The summed E-state index contributed by atoms with van der Waals surface area (Å²) in [5.41, 5.74) is 4.68. The number of aryl methyl sites for hydroxylation is 3. The van der Waals surface area contributed by atoms with Crippen molar-refractivity contribution in [3.8, 4) is 0 Å². The fourth-order valence-corrected chi connectivity index (χ4v) is 4.28. The van der Waals surface area contributed by atoms with Gasteiger partial charge in [-0.1, -0.05) is 0 Å². The van der Waals surface area contributed by atoms with Crippen LogP contribution in [0.4, 0.5) is 0 Å². The lowest BCUT2D eigenvalue weighted by Crippen LogP contribution is -2.32. The molecule has 2 aromatic heterocycles. The van der Waals surface area contributed by atoms with E-state index < -0.39 is 0 Å². The van der Waals surface area contributed by atoms with Crippen LogP contribution >= 0.6 is 0 Å². The van der Waals surface area contributed by atoms with Crippen LogP contribution < -0.4 is 0 Å². The molecule has 24 heavy (non-hydrogen) atoms. The summed E-state index contributed by atoms with van der Waals surface area (Å²) in [4.78, 5) is 15.2. The molecule has 3 atom stereocenters. The van der Waals surface area contributed by atoms with Crippen molar-refractivity contribution in [2.24, 2.45) is 20.0 Å². The molecule has 3 heterocycles. The van der Waals surface area contributed by atoms with Crippen LogP contribution in [0.3, 0.4) is 0 Å². The number of carbonyl (C=O) groups excluding carboxylic acids is 1. The van der Waals surface area contributed by atoms with Gasteiger partial charge in [0.05, 0.1) is 17.9 Å². The third-order valence-electron chi connectivity index (χ3n) is 5.69. The van der Waals surface area contributed by atoms with Crippen LogP contribution in [0.15, 0.2) is 12.4 Å². The number of hydrogen-bond donors (Lipinski definition) is 0. The quantitative estimate of drug-likeness (QED) is 0.869. The van der Waals surface area contributed by atoms with Crippen LogP contribution in [0.1, 0.15) is 53.7 Å². The van der Waals surface area contributed by atoms with E-state index in [2.05, 4.69) is 28.9 Å². The van der Waals surface area contributed by atoms with Crippen molar-refractivity contribution in [1.82, 2.24) is 24.5 Å². The molecule has 1 saturated heterocycles. The zero-order chi connectivity index (χ0) is 17.0. The molecular formula is C18H25N5O. The van der Waals surface area contributed by atoms with Crippen LogP contribution in [0.2, 0.25) is 0 Å². The van der Waals surface area contributed by atoms with Crippen molar-refractivity contribution in [2.75, 3.05) is 6.54 Å². The van der Waals surface area contributed by atoms with Gasteiger partial charge in [-0.05, 0) is 44.6 Å². The molecule has 6 nitrogen and oxygen atoms in total. The van der Waals surface area contributed by atoms with Gasteiger partial charge < -0.3 is 4.90 Å². The smallest absolute Gasteiger partial charge is 0.226 e. The number of amides is 1. The van der Waals surface area contributed by atoms with Crippen LogP contribution in [0.5, 0.6) is 0 Å². The molecule has 1 aliphatic heterocycles. The monoisotopic (exact) mass is 327 g/mol. The summed E-state index contributed by atoms with van der Waals surface area (Å²) in [5, 5.41) is 8.78. The molecular weight excluding hydrogens is 302 g/mol. The first-order valence-electron chi connectivity index (χ1n) is 8.76. The molecule has 2 fully saturated rings. The lowest BCUT2D eigenvalue weighted by Gasteiger charge is -2.25. The van der Waals surface area contributed by atoms with E-state index in [1.165, 1.54) is 16.8 Å². The first-order valence-corrected chi connectivity index (χ1v) is 8.76. The Bertz CT molecular complexity index is 789. The van der Waals surface area contributed by atoms with E-state index in [1.807, 2.05) is 35.9 Å². The van der Waals surface area contributed by atoms with E-state index in [9.17, 15) is 4.79 Å². The Labute approximate surface area is 142 Å². The Morgan fingerprint density at radius 2 is 2.08 bits per heavy atom. The second-order valence-electron chi connectivity index (χ2n) is 7.29. The summed E-state index contributed by atoms with van der Waals surface area (Å²) in [6, 6.07) is 0.196. The van der Waals surface area contributed by atoms with Gasteiger partial charge in [-0.2, -0.15) is 10.2 Å². The average Bonchev–Trinajstić information content (AvgIpc) is 2.84. The lowest BCUT2D eigenvalue weighted by atomic mass is 10.0. The second-order valence-corrected chi connectivity index (χ2v) is 7.29. The molecule has 0 aromatic carbocycles. The van der Waals surface area contributed by atoms with Crippen molar-refractivity contribution < 1.29 is 4.79 Å². The topological polar surface area (TPSA) is 56.0 Å². The van der Waals surface area contributed by atoms with E-state index in [-0.39, 0.29) is 12.0 Å². The third kappa shape index (κ3) is 2.36. The molecule has 128 valence electrons. The summed E-state index contributed by atoms with van der Waals surface area (Å²) in [7, 11) is 3.90. The second kappa shape index (κ2) is 5.46. The van der Waals surface area contributed by atoms with Crippen molar-refractivity contribution >= 4 is 5.91 Å². The molecule has 0 unspecified atom stereocenters. The minimum absolute atomic E-state index is 0.132. The normalized spacial score (nSPS) is 26.2. The first-order chi connectivity index (χ1) is 11.5. The molecule has 6 heteroatoms. The lowest BCUT2D eigenvalue weighted by molar-refractivity contribution is -0.133. The molecule has 1 saturated carbocycles. The Balaban J connectivity index is 1.54. The summed E-state index contributed by atoms with van der Waals surface area (Å²) in [6.45, 7) is 5.03. The van der Waals surface area contributed by atoms with Gasteiger partial charge in [0, 0.05) is 44.0 Å². The van der Waals surface area contributed by atoms with Gasteiger partial charge >= 0.3 is 0 Å². The number of hydrogen-bond acceptors (Lipinski definition) is 3. The van der Waals surface area contributed by atoms with Crippen molar-refractivity contribution in [3.63, 3.8) is 0 Å². The van der Waals surface area contributed by atoms with Gasteiger partial charge in [0.1, 0.15) is 0 Å². The number of aromatic nitrogens is 4. The fraction of sp³-hybridized carbons (Fsp3) is 0.611. The fourth-order valence-electron chi connectivity index (χ4n) is 4.28. The Kier molecular flexibility index (Phi) is 3.51. The molecule has 2 aliphatic rings. The summed E-state index contributed by atoms with van der Waals surface area (Å²) in [6.07, 6.45) is 7.01. The zero-order valence-corrected chi connectivity index (χ0v) is 14.9. The Hall–Kier alpha value is -2.11.